The largest absolute Gasteiger partial charge is 0.444 e. The van der Waals surface area contributed by atoms with Crippen LogP contribution in [0.3, 0.4) is 0 Å². The van der Waals surface area contributed by atoms with Crippen LogP contribution >= 0.6 is 34.5 Å². The van der Waals surface area contributed by atoms with Crippen LogP contribution in [0, 0.1) is 0 Å². The summed E-state index contributed by atoms with van der Waals surface area (Å²) in [4.78, 5) is 23.9. The van der Waals surface area contributed by atoms with E-state index in [4.69, 9.17) is 32.7 Å². The van der Waals surface area contributed by atoms with Crippen molar-refractivity contribution in [1.82, 2.24) is 15.0 Å². The predicted octanol–water partition coefficient (Wildman–Crippen LogP) is 5.53. The van der Waals surface area contributed by atoms with Gasteiger partial charge in [0, 0.05) is 6.07 Å². The lowest BCUT2D eigenvalue weighted by Crippen LogP contribution is -2.27. The van der Waals surface area contributed by atoms with Crippen molar-refractivity contribution in [2.24, 2.45) is 0 Å². The van der Waals surface area contributed by atoms with Gasteiger partial charge in [-0.05, 0) is 44.5 Å². The Morgan fingerprint density at radius 1 is 1.23 bits per heavy atom. The van der Waals surface area contributed by atoms with E-state index in [1.807, 2.05) is 6.07 Å². The fourth-order valence-corrected chi connectivity index (χ4v) is 3.02. The van der Waals surface area contributed by atoms with E-state index in [1.165, 1.54) is 17.5 Å². The Bertz CT molecular complexity index is 972. The molecule has 0 radical (unpaired) electrons. The van der Waals surface area contributed by atoms with Crippen LogP contribution in [0.2, 0.25) is 10.3 Å². The molecule has 0 spiro atoms. The van der Waals surface area contributed by atoms with Crippen molar-refractivity contribution in [2.45, 2.75) is 26.4 Å². The number of halogens is 2. The normalized spacial score (nSPS) is 11.4. The lowest BCUT2D eigenvalue weighted by Gasteiger charge is -2.18. The number of anilines is 1. The quantitative estimate of drug-likeness (QED) is 0.568. The molecular formula is C16H14Cl2N4O3S. The average Bonchev–Trinajstić information content (AvgIpc) is 2.90. The Labute approximate surface area is 163 Å². The Hall–Kier alpha value is -2.16. The van der Waals surface area contributed by atoms with Crippen LogP contribution in [0.1, 0.15) is 20.8 Å². The van der Waals surface area contributed by atoms with E-state index in [1.54, 1.807) is 32.9 Å². The maximum atomic E-state index is 11.8. The van der Waals surface area contributed by atoms with Crippen LogP contribution in [0.15, 0.2) is 24.4 Å². The minimum absolute atomic E-state index is 0.0305. The van der Waals surface area contributed by atoms with Crippen LogP contribution in [0.25, 0.3) is 10.2 Å². The number of amides is 1. The van der Waals surface area contributed by atoms with Crippen molar-refractivity contribution in [2.75, 3.05) is 5.32 Å². The van der Waals surface area contributed by atoms with E-state index in [0.717, 1.165) is 4.70 Å². The van der Waals surface area contributed by atoms with E-state index >= 15 is 0 Å². The minimum atomic E-state index is -0.583. The molecule has 0 fully saturated rings. The van der Waals surface area contributed by atoms with Crippen LogP contribution in [0.5, 0.6) is 11.6 Å². The van der Waals surface area contributed by atoms with Gasteiger partial charge in [-0.2, -0.15) is 4.98 Å². The molecule has 2 heterocycles. The molecule has 1 N–H and O–H groups in total. The summed E-state index contributed by atoms with van der Waals surface area (Å²) in [5, 5.41) is 3.31. The summed E-state index contributed by atoms with van der Waals surface area (Å²) in [5.41, 5.74) is 0.0645. The number of rotatable bonds is 3. The number of nitrogens with zero attached hydrogens (tertiary/aromatic N) is 3. The summed E-state index contributed by atoms with van der Waals surface area (Å²) in [5.74, 6) is 0.622. The van der Waals surface area contributed by atoms with Gasteiger partial charge in [-0.1, -0.05) is 22.9 Å². The van der Waals surface area contributed by atoms with Crippen molar-refractivity contribution in [1.29, 1.82) is 0 Å². The second kappa shape index (κ2) is 7.22. The second-order valence-corrected chi connectivity index (χ2v) is 7.95. The first-order chi connectivity index (χ1) is 12.2. The SMILES string of the molecule is CC(C)(C)OC(=O)Nc1nc2cc(Oc3nc(Cl)ncc3Cl)ccc2s1. The van der Waals surface area contributed by atoms with Gasteiger partial charge in [0.25, 0.3) is 0 Å². The number of nitrogens with one attached hydrogen (secondary N) is 1. The zero-order chi connectivity index (χ0) is 18.9. The van der Waals surface area contributed by atoms with Crippen molar-refractivity contribution >= 4 is 56.0 Å². The summed E-state index contributed by atoms with van der Waals surface area (Å²) < 4.78 is 11.7. The Kier molecular flexibility index (Phi) is 5.17. The van der Waals surface area contributed by atoms with Crippen LogP contribution in [-0.4, -0.2) is 26.6 Å². The summed E-state index contributed by atoms with van der Waals surface area (Å²) in [6, 6.07) is 5.27. The third-order valence-corrected chi connectivity index (χ3v) is 4.26. The zero-order valence-corrected chi connectivity index (χ0v) is 16.4. The molecule has 1 amide bonds. The molecule has 0 bridgehead atoms. The number of ether oxygens (including phenoxy) is 2. The van der Waals surface area contributed by atoms with E-state index in [9.17, 15) is 4.79 Å². The number of hydrogen-bond donors (Lipinski definition) is 1. The van der Waals surface area contributed by atoms with Gasteiger partial charge in [-0.15, -0.1) is 0 Å². The first-order valence-electron chi connectivity index (χ1n) is 7.46. The van der Waals surface area contributed by atoms with Crippen LogP contribution in [-0.2, 0) is 4.74 Å². The highest BCUT2D eigenvalue weighted by atomic mass is 35.5. The molecule has 0 unspecified atom stereocenters. The highest BCUT2D eigenvalue weighted by molar-refractivity contribution is 7.22. The smallest absolute Gasteiger partial charge is 0.413 e. The first-order valence-corrected chi connectivity index (χ1v) is 9.03. The monoisotopic (exact) mass is 412 g/mol. The Morgan fingerprint density at radius 3 is 2.73 bits per heavy atom. The van der Waals surface area contributed by atoms with Gasteiger partial charge in [-0.3, -0.25) is 5.32 Å². The lowest BCUT2D eigenvalue weighted by molar-refractivity contribution is 0.0636. The van der Waals surface area contributed by atoms with Gasteiger partial charge in [0.05, 0.1) is 16.4 Å². The zero-order valence-electron chi connectivity index (χ0n) is 14.0. The molecule has 0 aliphatic rings. The Balaban J connectivity index is 1.79. The third kappa shape index (κ3) is 4.72. The van der Waals surface area contributed by atoms with Gasteiger partial charge in [-0.25, -0.2) is 14.8 Å². The summed E-state index contributed by atoms with van der Waals surface area (Å²) >= 11 is 13.1. The minimum Gasteiger partial charge on any atom is -0.444 e. The fraction of sp³-hybridized carbons (Fsp3) is 0.250. The number of benzene rings is 1. The lowest BCUT2D eigenvalue weighted by atomic mass is 10.2. The van der Waals surface area contributed by atoms with Gasteiger partial charge < -0.3 is 9.47 Å². The van der Waals surface area contributed by atoms with E-state index in [-0.39, 0.29) is 16.2 Å². The van der Waals surface area contributed by atoms with Crippen molar-refractivity contribution in [3.8, 4) is 11.6 Å². The summed E-state index contributed by atoms with van der Waals surface area (Å²) in [7, 11) is 0. The number of carbonyl (C=O) groups excluding carboxylic acids is 1. The van der Waals surface area contributed by atoms with Crippen molar-refractivity contribution in [3.63, 3.8) is 0 Å². The molecule has 136 valence electrons. The molecule has 2 aromatic heterocycles. The third-order valence-electron chi connectivity index (χ3n) is 2.86. The maximum absolute atomic E-state index is 11.8. The van der Waals surface area contributed by atoms with Gasteiger partial charge >= 0.3 is 6.09 Å². The topological polar surface area (TPSA) is 86.2 Å². The number of carbonyl (C=O) groups is 1. The molecular weight excluding hydrogens is 399 g/mol. The fourth-order valence-electron chi connectivity index (χ4n) is 1.93. The van der Waals surface area contributed by atoms with Gasteiger partial charge in [0.15, 0.2) is 5.13 Å². The number of aromatic nitrogens is 3. The van der Waals surface area contributed by atoms with Gasteiger partial charge in [0.2, 0.25) is 11.2 Å². The van der Waals surface area contributed by atoms with Crippen molar-refractivity contribution < 1.29 is 14.3 Å². The molecule has 0 aliphatic heterocycles. The van der Waals surface area contributed by atoms with Crippen LogP contribution < -0.4 is 10.1 Å². The van der Waals surface area contributed by atoms with E-state index < -0.39 is 11.7 Å². The van der Waals surface area contributed by atoms with Crippen molar-refractivity contribution in [3.05, 3.63) is 34.7 Å². The molecule has 1 aromatic carbocycles. The molecule has 7 nitrogen and oxygen atoms in total. The number of fused-ring (bicyclic) bond motifs is 1. The molecule has 0 saturated carbocycles. The van der Waals surface area contributed by atoms with Crippen LogP contribution in [0.4, 0.5) is 9.93 Å². The van der Waals surface area contributed by atoms with E-state index in [0.29, 0.717) is 16.4 Å². The Morgan fingerprint density at radius 2 is 2.00 bits per heavy atom. The molecule has 10 heteroatoms. The van der Waals surface area contributed by atoms with Gasteiger partial charge in [0.1, 0.15) is 16.4 Å². The maximum Gasteiger partial charge on any atom is 0.413 e. The average molecular weight is 413 g/mol. The molecule has 0 aliphatic carbocycles. The predicted molar refractivity (Wildman–Crippen MR) is 102 cm³/mol. The highest BCUT2D eigenvalue weighted by Crippen LogP contribution is 2.32. The van der Waals surface area contributed by atoms with E-state index in [2.05, 4.69) is 20.3 Å². The highest BCUT2D eigenvalue weighted by Gasteiger charge is 2.17. The molecule has 3 rings (SSSR count). The summed E-state index contributed by atoms with van der Waals surface area (Å²) in [6.45, 7) is 5.37. The first kappa shape index (κ1) is 18.6. The molecule has 0 saturated heterocycles. The molecule has 26 heavy (non-hydrogen) atoms. The summed E-state index contributed by atoms with van der Waals surface area (Å²) in [6.07, 6.45) is 0.798. The standard InChI is InChI=1S/C16H14Cl2N4O3S/c1-16(2,3)25-15(23)22-14-20-10-6-8(4-5-11(10)26-14)24-12-9(17)7-19-13(18)21-12/h4-7H,1-3H3,(H,20,22,23). The second-order valence-electron chi connectivity index (χ2n) is 6.17. The number of hydrogen-bond acceptors (Lipinski definition) is 7. The number of thiazole rings is 1. The molecule has 0 atom stereocenters. The molecule has 3 aromatic rings.